The summed E-state index contributed by atoms with van der Waals surface area (Å²) >= 11 is 0. The predicted molar refractivity (Wildman–Crippen MR) is 283 cm³/mol. The molecule has 0 saturated carbocycles. The van der Waals surface area contributed by atoms with Crippen molar-refractivity contribution in [2.24, 2.45) is 0 Å². The van der Waals surface area contributed by atoms with Crippen LogP contribution in [0.25, 0.3) is 0 Å². The van der Waals surface area contributed by atoms with E-state index in [0.29, 0.717) is 19.4 Å². The molecule has 6 nitrogen and oxygen atoms in total. The second kappa shape index (κ2) is 54.7. The first-order chi connectivity index (χ1) is 32.0. The number of aliphatic hydroxyl groups is 2. The smallest absolute Gasteiger partial charge is 0.305 e. The molecule has 0 spiro atoms. The highest BCUT2D eigenvalue weighted by molar-refractivity contribution is 5.76. The first-order valence-corrected chi connectivity index (χ1v) is 28.8. The lowest BCUT2D eigenvalue weighted by atomic mass is 10.0. The van der Waals surface area contributed by atoms with Crippen LogP contribution in [0.1, 0.15) is 303 Å². The quantitative estimate of drug-likeness (QED) is 0.0321. The molecule has 0 fully saturated rings. The van der Waals surface area contributed by atoms with E-state index in [9.17, 15) is 19.8 Å². The van der Waals surface area contributed by atoms with E-state index in [0.717, 1.165) is 51.4 Å². The van der Waals surface area contributed by atoms with Crippen molar-refractivity contribution in [3.63, 3.8) is 0 Å². The lowest BCUT2D eigenvalue weighted by Gasteiger charge is -2.20. The maximum absolute atomic E-state index is 12.4. The molecule has 65 heavy (non-hydrogen) atoms. The highest BCUT2D eigenvalue weighted by atomic mass is 16.5. The van der Waals surface area contributed by atoms with Crippen LogP contribution < -0.4 is 5.32 Å². The van der Waals surface area contributed by atoms with Gasteiger partial charge in [0.2, 0.25) is 5.91 Å². The maximum Gasteiger partial charge on any atom is 0.305 e. The van der Waals surface area contributed by atoms with Crippen LogP contribution in [0, 0.1) is 0 Å². The summed E-state index contributed by atoms with van der Waals surface area (Å²) in [5, 5.41) is 23.0. The molecule has 0 bridgehead atoms. The topological polar surface area (TPSA) is 95.9 Å². The molecule has 0 aliphatic rings. The number of hydrogen-bond acceptors (Lipinski definition) is 5. The van der Waals surface area contributed by atoms with Gasteiger partial charge >= 0.3 is 5.97 Å². The first-order valence-electron chi connectivity index (χ1n) is 28.8. The zero-order chi connectivity index (χ0) is 47.2. The van der Waals surface area contributed by atoms with E-state index in [-0.39, 0.29) is 18.5 Å². The molecule has 0 heterocycles. The molecule has 2 unspecified atom stereocenters. The first kappa shape index (κ1) is 63.1. The number of amides is 1. The molecule has 2 atom stereocenters. The molecule has 0 aromatic heterocycles. The van der Waals surface area contributed by atoms with Crippen LogP contribution in [-0.4, -0.2) is 47.4 Å². The summed E-state index contributed by atoms with van der Waals surface area (Å²) in [5.41, 5.74) is 0. The Bertz CT molecular complexity index is 1060. The zero-order valence-corrected chi connectivity index (χ0v) is 43.5. The minimum atomic E-state index is -0.842. The fourth-order valence-corrected chi connectivity index (χ4v) is 8.71. The SMILES string of the molecule is CCCC/C=C\C/C=C\CCCCCCCC(=O)OCCCCCCCCCCCCCCCCCCCCCCCCCCC(=O)NC(CO)C(O)/C=C/CCCCCCCCCC. The van der Waals surface area contributed by atoms with Crippen LogP contribution in [0.3, 0.4) is 0 Å². The number of aliphatic hydroxyl groups excluding tert-OH is 2. The molecule has 0 radical (unpaired) electrons. The number of carbonyl (C=O) groups excluding carboxylic acids is 2. The van der Waals surface area contributed by atoms with Crippen molar-refractivity contribution in [2.75, 3.05) is 13.2 Å². The number of nitrogens with one attached hydrogen (secondary N) is 1. The molecule has 0 saturated heterocycles. The van der Waals surface area contributed by atoms with Crippen molar-refractivity contribution in [3.8, 4) is 0 Å². The fourth-order valence-electron chi connectivity index (χ4n) is 8.71. The normalized spacial score (nSPS) is 12.9. The maximum atomic E-state index is 12.4. The van der Waals surface area contributed by atoms with E-state index in [1.54, 1.807) is 6.08 Å². The molecule has 0 aliphatic heterocycles. The molecular weight excluding hydrogens is 803 g/mol. The Morgan fingerprint density at radius 1 is 0.431 bits per heavy atom. The Hall–Kier alpha value is -1.92. The van der Waals surface area contributed by atoms with Gasteiger partial charge in [-0.25, -0.2) is 0 Å². The number of ether oxygens (including phenoxy) is 1. The summed E-state index contributed by atoms with van der Waals surface area (Å²) < 4.78 is 5.47. The fraction of sp³-hybridized carbons (Fsp3) is 0.864. The second-order valence-electron chi connectivity index (χ2n) is 19.6. The van der Waals surface area contributed by atoms with Gasteiger partial charge in [-0.3, -0.25) is 9.59 Å². The number of esters is 1. The largest absolute Gasteiger partial charge is 0.466 e. The van der Waals surface area contributed by atoms with Crippen LogP contribution in [0.4, 0.5) is 0 Å². The van der Waals surface area contributed by atoms with Crippen LogP contribution in [0.15, 0.2) is 36.5 Å². The van der Waals surface area contributed by atoms with Crippen LogP contribution in [0.2, 0.25) is 0 Å². The zero-order valence-electron chi connectivity index (χ0n) is 43.5. The summed E-state index contributed by atoms with van der Waals surface area (Å²) in [6.07, 6.45) is 67.5. The van der Waals surface area contributed by atoms with Crippen molar-refractivity contribution < 1.29 is 24.5 Å². The molecule has 0 aliphatic carbocycles. The Kier molecular flexibility index (Phi) is 53.1. The van der Waals surface area contributed by atoms with Crippen LogP contribution in [0.5, 0.6) is 0 Å². The van der Waals surface area contributed by atoms with Gasteiger partial charge < -0.3 is 20.3 Å². The average molecular weight is 915 g/mol. The second-order valence-corrected chi connectivity index (χ2v) is 19.6. The monoisotopic (exact) mass is 914 g/mol. The third-order valence-electron chi connectivity index (χ3n) is 13.2. The number of rotatable bonds is 53. The molecule has 382 valence electrons. The summed E-state index contributed by atoms with van der Waals surface area (Å²) in [5.74, 6) is -0.0690. The van der Waals surface area contributed by atoms with Gasteiger partial charge in [0.15, 0.2) is 0 Å². The standard InChI is InChI=1S/C59H111NO5/c1-3-5-7-9-11-13-15-16-30-33-37-41-45-49-53-59(64)65-54-50-46-42-38-34-31-28-26-24-22-20-18-17-19-21-23-25-27-29-32-36-40-44-48-52-58(63)60-56(55-61)57(62)51-47-43-39-35-14-12-10-8-6-4-2/h9,11,15-16,47,51,56-57,61-62H,3-8,10,12-14,17-46,48-50,52-55H2,1-2H3,(H,60,63)/b11-9-,16-15-,51-47+. The molecule has 0 aromatic rings. The third kappa shape index (κ3) is 51.3. The summed E-state index contributed by atoms with van der Waals surface area (Å²) in [4.78, 5) is 24.4. The Labute approximate surface area is 404 Å². The number of carbonyl (C=O) groups is 2. The summed E-state index contributed by atoms with van der Waals surface area (Å²) in [6.45, 7) is 4.84. The van der Waals surface area contributed by atoms with Crippen molar-refractivity contribution in [2.45, 2.75) is 315 Å². The van der Waals surface area contributed by atoms with E-state index < -0.39 is 12.1 Å². The molecular formula is C59H111NO5. The van der Waals surface area contributed by atoms with Gasteiger partial charge in [0.05, 0.1) is 25.4 Å². The van der Waals surface area contributed by atoms with Crippen molar-refractivity contribution in [1.29, 1.82) is 0 Å². The minimum Gasteiger partial charge on any atom is -0.466 e. The number of allylic oxidation sites excluding steroid dienone is 5. The van der Waals surface area contributed by atoms with Crippen molar-refractivity contribution >= 4 is 11.9 Å². The van der Waals surface area contributed by atoms with E-state index in [4.69, 9.17) is 4.74 Å². The van der Waals surface area contributed by atoms with Gasteiger partial charge in [0.25, 0.3) is 0 Å². The number of unbranched alkanes of at least 4 members (excludes halogenated alkanes) is 38. The molecule has 6 heteroatoms. The highest BCUT2D eigenvalue weighted by Crippen LogP contribution is 2.17. The molecule has 0 rings (SSSR count). The van der Waals surface area contributed by atoms with Crippen LogP contribution >= 0.6 is 0 Å². The van der Waals surface area contributed by atoms with Gasteiger partial charge in [-0.1, -0.05) is 269 Å². The number of hydrogen-bond donors (Lipinski definition) is 3. The van der Waals surface area contributed by atoms with E-state index >= 15 is 0 Å². The minimum absolute atomic E-state index is 0.000133. The Morgan fingerprint density at radius 2 is 0.785 bits per heavy atom. The Morgan fingerprint density at radius 3 is 1.22 bits per heavy atom. The highest BCUT2D eigenvalue weighted by Gasteiger charge is 2.18. The van der Waals surface area contributed by atoms with Gasteiger partial charge in [0.1, 0.15) is 0 Å². The van der Waals surface area contributed by atoms with Crippen molar-refractivity contribution in [3.05, 3.63) is 36.5 Å². The van der Waals surface area contributed by atoms with Gasteiger partial charge in [-0.15, -0.1) is 0 Å². The van der Waals surface area contributed by atoms with Gasteiger partial charge in [0, 0.05) is 12.8 Å². The van der Waals surface area contributed by atoms with Gasteiger partial charge in [-0.2, -0.15) is 0 Å². The molecule has 3 N–H and O–H groups in total. The third-order valence-corrected chi connectivity index (χ3v) is 13.2. The predicted octanol–water partition coefficient (Wildman–Crippen LogP) is 17.6. The van der Waals surface area contributed by atoms with E-state index in [1.165, 1.54) is 225 Å². The molecule has 1 amide bonds. The average Bonchev–Trinajstić information content (AvgIpc) is 3.31. The summed E-state index contributed by atoms with van der Waals surface area (Å²) in [6, 6.07) is -0.625. The lowest BCUT2D eigenvalue weighted by molar-refractivity contribution is -0.143. The van der Waals surface area contributed by atoms with Gasteiger partial charge in [-0.05, 0) is 57.8 Å². The van der Waals surface area contributed by atoms with Crippen LogP contribution in [-0.2, 0) is 14.3 Å². The summed E-state index contributed by atoms with van der Waals surface area (Å²) in [7, 11) is 0. The Balaban J connectivity index is 3.36. The van der Waals surface area contributed by atoms with E-state index in [1.807, 2.05) is 6.08 Å². The van der Waals surface area contributed by atoms with Crippen molar-refractivity contribution in [1.82, 2.24) is 5.32 Å². The molecule has 0 aromatic carbocycles. The van der Waals surface area contributed by atoms with E-state index in [2.05, 4.69) is 43.5 Å². The lowest BCUT2D eigenvalue weighted by Crippen LogP contribution is -2.45.